The Hall–Kier alpha value is -3.48. The van der Waals surface area contributed by atoms with E-state index in [0.717, 1.165) is 26.4 Å². The Morgan fingerprint density at radius 3 is 2.03 bits per heavy atom. The number of methoxy groups -OCH3 is 2. The number of alkyl halides is 6. The van der Waals surface area contributed by atoms with E-state index in [9.17, 15) is 40.7 Å². The molecule has 1 aliphatic rings. The molecule has 0 aromatic heterocycles. The molecule has 0 saturated carbocycles. The first kappa shape index (κ1) is 26.1. The SMILES string of the molecule is COC(=O)CC1(C(=O)OC)Oc2ccc(Cl)cc2C(=O)N1c1cc(C(F)(F)F)cc(C(F)(F)F)c1. The average Bonchev–Trinajstić information content (AvgIpc) is 2.77. The van der Waals surface area contributed by atoms with E-state index < -0.39 is 64.7 Å². The van der Waals surface area contributed by atoms with Crippen molar-refractivity contribution in [1.82, 2.24) is 0 Å². The maximum Gasteiger partial charge on any atom is 0.416 e. The summed E-state index contributed by atoms with van der Waals surface area (Å²) in [7, 11) is 1.72. The monoisotopic (exact) mass is 525 g/mol. The molecule has 3 rings (SSSR count). The molecule has 0 bridgehead atoms. The van der Waals surface area contributed by atoms with Gasteiger partial charge in [-0.2, -0.15) is 26.3 Å². The van der Waals surface area contributed by atoms with Gasteiger partial charge < -0.3 is 14.2 Å². The second-order valence-corrected chi connectivity index (χ2v) is 7.61. The molecule has 0 aliphatic carbocycles. The highest BCUT2D eigenvalue weighted by Gasteiger charge is 2.57. The number of rotatable bonds is 4. The van der Waals surface area contributed by atoms with Crippen LogP contribution in [0.4, 0.5) is 32.0 Å². The molecule has 14 heteroatoms. The molecule has 1 amide bonds. The number of anilines is 1. The number of carbonyl (C=O) groups is 3. The summed E-state index contributed by atoms with van der Waals surface area (Å²) in [6.45, 7) is 0. The van der Waals surface area contributed by atoms with Crippen molar-refractivity contribution in [3.8, 4) is 5.75 Å². The lowest BCUT2D eigenvalue weighted by Gasteiger charge is -2.44. The van der Waals surface area contributed by atoms with Gasteiger partial charge in [-0.1, -0.05) is 11.6 Å². The lowest BCUT2D eigenvalue weighted by atomic mass is 9.98. The highest BCUT2D eigenvalue weighted by Crippen LogP contribution is 2.44. The highest BCUT2D eigenvalue weighted by atomic mass is 35.5. The molecule has 1 atom stereocenters. The Morgan fingerprint density at radius 1 is 0.971 bits per heavy atom. The second-order valence-electron chi connectivity index (χ2n) is 7.18. The van der Waals surface area contributed by atoms with Crippen LogP contribution >= 0.6 is 11.6 Å². The van der Waals surface area contributed by atoms with Gasteiger partial charge >= 0.3 is 24.3 Å². The van der Waals surface area contributed by atoms with Crippen molar-refractivity contribution >= 4 is 35.1 Å². The lowest BCUT2D eigenvalue weighted by Crippen LogP contribution is -2.65. The summed E-state index contributed by atoms with van der Waals surface area (Å²) in [5.74, 6) is -4.26. The van der Waals surface area contributed by atoms with E-state index in [1.54, 1.807) is 0 Å². The third kappa shape index (κ3) is 4.85. The van der Waals surface area contributed by atoms with Gasteiger partial charge in [0.25, 0.3) is 11.6 Å². The summed E-state index contributed by atoms with van der Waals surface area (Å²) < 4.78 is 95.7. The van der Waals surface area contributed by atoms with Crippen molar-refractivity contribution in [3.05, 3.63) is 58.1 Å². The van der Waals surface area contributed by atoms with E-state index in [1.165, 1.54) is 6.07 Å². The molecule has 0 radical (unpaired) electrons. The summed E-state index contributed by atoms with van der Waals surface area (Å²) in [5, 5.41) is -0.0285. The molecule has 0 fully saturated rings. The van der Waals surface area contributed by atoms with Crippen LogP contribution in [0.2, 0.25) is 5.02 Å². The molecular formula is C21H14ClF6NO6. The van der Waals surface area contributed by atoms with Crippen LogP contribution in [-0.4, -0.2) is 37.8 Å². The van der Waals surface area contributed by atoms with Crippen LogP contribution < -0.4 is 9.64 Å². The number of hydrogen-bond acceptors (Lipinski definition) is 6. The molecule has 1 heterocycles. The fourth-order valence-corrected chi connectivity index (χ4v) is 3.58. The van der Waals surface area contributed by atoms with Crippen LogP contribution in [0.15, 0.2) is 36.4 Å². The maximum absolute atomic E-state index is 13.5. The number of nitrogens with zero attached hydrogens (tertiary/aromatic N) is 1. The van der Waals surface area contributed by atoms with Crippen LogP contribution in [-0.2, 0) is 31.4 Å². The van der Waals surface area contributed by atoms with Crippen molar-refractivity contribution in [1.29, 1.82) is 0 Å². The van der Waals surface area contributed by atoms with E-state index in [1.807, 2.05) is 0 Å². The van der Waals surface area contributed by atoms with E-state index in [4.69, 9.17) is 16.3 Å². The quantitative estimate of drug-likeness (QED) is 0.419. The van der Waals surface area contributed by atoms with Gasteiger partial charge in [0, 0.05) is 10.7 Å². The number of carbonyl (C=O) groups excluding carboxylic acids is 3. The maximum atomic E-state index is 13.5. The van der Waals surface area contributed by atoms with Crippen molar-refractivity contribution in [3.63, 3.8) is 0 Å². The summed E-state index contributed by atoms with van der Waals surface area (Å²) in [5.41, 5.74) is -7.84. The summed E-state index contributed by atoms with van der Waals surface area (Å²) >= 11 is 5.88. The summed E-state index contributed by atoms with van der Waals surface area (Å²) in [6.07, 6.45) is -11.7. The van der Waals surface area contributed by atoms with Crippen molar-refractivity contribution in [2.24, 2.45) is 0 Å². The molecule has 0 spiro atoms. The average molecular weight is 526 g/mol. The largest absolute Gasteiger partial charge is 0.469 e. The van der Waals surface area contributed by atoms with Gasteiger partial charge in [0.15, 0.2) is 0 Å². The zero-order valence-corrected chi connectivity index (χ0v) is 18.5. The fraction of sp³-hybridized carbons (Fsp3) is 0.286. The normalized spacial score (nSPS) is 18.0. The van der Waals surface area contributed by atoms with Crippen LogP contribution in [0.1, 0.15) is 27.9 Å². The molecule has 2 aromatic rings. The van der Waals surface area contributed by atoms with Crippen molar-refractivity contribution in [2.45, 2.75) is 24.5 Å². The number of amides is 1. The predicted octanol–water partition coefficient (Wildman–Crippen LogP) is 4.85. The second kappa shape index (κ2) is 8.95. The first-order chi connectivity index (χ1) is 16.1. The Bertz CT molecular complexity index is 1170. The van der Waals surface area contributed by atoms with Crippen LogP contribution in [0.3, 0.4) is 0 Å². The topological polar surface area (TPSA) is 82.1 Å². The highest BCUT2D eigenvalue weighted by molar-refractivity contribution is 6.31. The fourth-order valence-electron chi connectivity index (χ4n) is 3.41. The van der Waals surface area contributed by atoms with Crippen LogP contribution in [0.5, 0.6) is 5.75 Å². The van der Waals surface area contributed by atoms with Gasteiger partial charge in [0.2, 0.25) is 0 Å². The van der Waals surface area contributed by atoms with Crippen molar-refractivity contribution < 1.29 is 54.9 Å². The number of hydrogen-bond donors (Lipinski definition) is 0. The van der Waals surface area contributed by atoms with Gasteiger partial charge in [0.05, 0.1) is 30.9 Å². The minimum atomic E-state index is -5.27. The Morgan fingerprint density at radius 2 is 1.54 bits per heavy atom. The molecule has 1 aliphatic heterocycles. The third-order valence-corrected chi connectivity index (χ3v) is 5.20. The van der Waals surface area contributed by atoms with E-state index in [-0.39, 0.29) is 33.9 Å². The van der Waals surface area contributed by atoms with Gasteiger partial charge in [-0.05, 0) is 36.4 Å². The van der Waals surface area contributed by atoms with Gasteiger partial charge in [-0.25, -0.2) is 4.79 Å². The zero-order valence-electron chi connectivity index (χ0n) is 17.7. The number of fused-ring (bicyclic) bond motifs is 1. The molecule has 7 nitrogen and oxygen atoms in total. The van der Waals surface area contributed by atoms with E-state index >= 15 is 0 Å². The zero-order chi connectivity index (χ0) is 26.3. The molecule has 188 valence electrons. The first-order valence-corrected chi connectivity index (χ1v) is 9.79. The number of benzene rings is 2. The molecule has 2 aromatic carbocycles. The first-order valence-electron chi connectivity index (χ1n) is 9.42. The Kier molecular flexibility index (Phi) is 6.68. The molecule has 35 heavy (non-hydrogen) atoms. The standard InChI is InChI=1S/C21H14ClF6NO6/c1-33-16(30)9-19(18(32)34-2)29(17(31)14-8-12(22)3-4-15(14)35-19)13-6-10(20(23,24)25)5-11(7-13)21(26,27)28/h3-8H,9H2,1-2H3. The Balaban J connectivity index is 2.40. The number of ether oxygens (including phenoxy) is 3. The minimum Gasteiger partial charge on any atom is -0.469 e. The van der Waals surface area contributed by atoms with Gasteiger partial charge in [-0.3, -0.25) is 14.5 Å². The van der Waals surface area contributed by atoms with E-state index in [2.05, 4.69) is 9.47 Å². The third-order valence-electron chi connectivity index (χ3n) is 4.96. The molecular weight excluding hydrogens is 512 g/mol. The van der Waals surface area contributed by atoms with Crippen molar-refractivity contribution in [2.75, 3.05) is 19.1 Å². The Labute approximate surface area is 198 Å². The lowest BCUT2D eigenvalue weighted by molar-refractivity contribution is -0.166. The number of halogens is 7. The van der Waals surface area contributed by atoms with E-state index in [0.29, 0.717) is 0 Å². The molecule has 1 unspecified atom stereocenters. The summed E-state index contributed by atoms with van der Waals surface area (Å²) in [4.78, 5) is 38.7. The smallest absolute Gasteiger partial charge is 0.416 e. The van der Waals surface area contributed by atoms with Crippen LogP contribution in [0.25, 0.3) is 0 Å². The molecule has 0 saturated heterocycles. The number of esters is 2. The predicted molar refractivity (Wildman–Crippen MR) is 107 cm³/mol. The van der Waals surface area contributed by atoms with Crippen LogP contribution in [0, 0.1) is 0 Å². The minimum absolute atomic E-state index is 0.0285. The van der Waals surface area contributed by atoms with Gasteiger partial charge in [0.1, 0.15) is 12.2 Å². The summed E-state index contributed by atoms with van der Waals surface area (Å²) in [6, 6.07) is 3.67. The van der Waals surface area contributed by atoms with Gasteiger partial charge in [-0.15, -0.1) is 0 Å². The molecule has 0 N–H and O–H groups in total.